The first-order chi connectivity index (χ1) is 10.9. The van der Waals surface area contributed by atoms with Gasteiger partial charge in [0.05, 0.1) is 12.8 Å². The van der Waals surface area contributed by atoms with Crippen LogP contribution >= 0.6 is 0 Å². The van der Waals surface area contributed by atoms with Crippen LogP contribution in [0.25, 0.3) is 11.3 Å². The van der Waals surface area contributed by atoms with Crippen molar-refractivity contribution >= 4 is 11.9 Å². The highest BCUT2D eigenvalue weighted by molar-refractivity contribution is 5.98. The highest BCUT2D eigenvalue weighted by Crippen LogP contribution is 2.25. The first kappa shape index (κ1) is 16.7. The number of aryl methyl sites for hydroxylation is 2. The van der Waals surface area contributed by atoms with Crippen LogP contribution in [0.3, 0.4) is 0 Å². The van der Waals surface area contributed by atoms with Crippen LogP contribution in [-0.2, 0) is 9.53 Å². The van der Waals surface area contributed by atoms with Crippen LogP contribution in [0.4, 0.5) is 0 Å². The number of amides is 1. The second-order valence-corrected chi connectivity index (χ2v) is 5.41. The minimum absolute atomic E-state index is 0.157. The minimum Gasteiger partial charge on any atom is -0.468 e. The summed E-state index contributed by atoms with van der Waals surface area (Å²) < 4.78 is 4.53. The Labute approximate surface area is 135 Å². The Morgan fingerprint density at radius 2 is 1.91 bits per heavy atom. The van der Waals surface area contributed by atoms with Crippen molar-refractivity contribution in [1.29, 1.82) is 0 Å². The molecule has 1 amide bonds. The second kappa shape index (κ2) is 7.05. The summed E-state index contributed by atoms with van der Waals surface area (Å²) in [7, 11) is 1.28. The van der Waals surface area contributed by atoms with Crippen molar-refractivity contribution in [3.63, 3.8) is 0 Å². The van der Waals surface area contributed by atoms with Gasteiger partial charge in [0.2, 0.25) is 0 Å². The number of carbonyl (C=O) groups excluding carboxylic acids is 2. The number of benzene rings is 1. The van der Waals surface area contributed by atoms with Gasteiger partial charge < -0.3 is 10.1 Å². The Balaban J connectivity index is 2.39. The van der Waals surface area contributed by atoms with E-state index in [1.54, 1.807) is 6.07 Å². The zero-order valence-corrected chi connectivity index (χ0v) is 13.8. The number of nitrogens with zero attached hydrogens (tertiary/aromatic N) is 1. The number of esters is 1. The average Bonchev–Trinajstić information content (AvgIpc) is 2.54. The van der Waals surface area contributed by atoms with E-state index in [1.807, 2.05) is 45.0 Å². The maximum absolute atomic E-state index is 12.3. The van der Waals surface area contributed by atoms with E-state index < -0.39 is 5.97 Å². The Bertz CT molecular complexity index is 754. The molecule has 2 aromatic rings. The molecule has 0 bridgehead atoms. The van der Waals surface area contributed by atoms with Crippen LogP contribution in [-0.4, -0.2) is 30.5 Å². The molecule has 0 saturated heterocycles. The van der Waals surface area contributed by atoms with Gasteiger partial charge in [0.1, 0.15) is 6.54 Å². The lowest BCUT2D eigenvalue weighted by molar-refractivity contribution is -0.139. The zero-order chi connectivity index (χ0) is 17.0. The molecule has 0 unspecified atom stereocenters. The molecule has 1 aromatic heterocycles. The lowest BCUT2D eigenvalue weighted by Gasteiger charge is -2.13. The van der Waals surface area contributed by atoms with Crippen molar-refractivity contribution in [3.05, 3.63) is 52.7 Å². The highest BCUT2D eigenvalue weighted by atomic mass is 16.5. The molecule has 23 heavy (non-hydrogen) atoms. The van der Waals surface area contributed by atoms with Crippen molar-refractivity contribution in [1.82, 2.24) is 10.3 Å². The second-order valence-electron chi connectivity index (χ2n) is 5.41. The zero-order valence-electron chi connectivity index (χ0n) is 13.8. The molecule has 120 valence electrons. The lowest BCUT2D eigenvalue weighted by Crippen LogP contribution is -2.30. The number of rotatable bonds is 4. The number of nitrogens with one attached hydrogen (secondary N) is 1. The maximum Gasteiger partial charge on any atom is 0.325 e. The largest absolute Gasteiger partial charge is 0.468 e. The summed E-state index contributed by atoms with van der Waals surface area (Å²) in [6, 6.07) is 9.70. The van der Waals surface area contributed by atoms with Gasteiger partial charge in [-0.3, -0.25) is 14.6 Å². The fourth-order valence-corrected chi connectivity index (χ4v) is 2.37. The smallest absolute Gasteiger partial charge is 0.325 e. The predicted octanol–water partition coefficient (Wildman–Crippen LogP) is 2.58. The lowest BCUT2D eigenvalue weighted by atomic mass is 9.99. The summed E-state index contributed by atoms with van der Waals surface area (Å²) >= 11 is 0. The third-order valence-electron chi connectivity index (χ3n) is 3.56. The van der Waals surface area contributed by atoms with Gasteiger partial charge in [-0.25, -0.2) is 0 Å². The molecule has 0 saturated carbocycles. The van der Waals surface area contributed by atoms with E-state index in [1.165, 1.54) is 7.11 Å². The quantitative estimate of drug-likeness (QED) is 0.881. The van der Waals surface area contributed by atoms with Gasteiger partial charge in [0, 0.05) is 16.8 Å². The van der Waals surface area contributed by atoms with Crippen molar-refractivity contribution in [3.8, 4) is 11.3 Å². The van der Waals surface area contributed by atoms with E-state index in [2.05, 4.69) is 15.0 Å². The molecule has 5 heteroatoms. The topological polar surface area (TPSA) is 68.3 Å². The Hall–Kier alpha value is -2.69. The summed E-state index contributed by atoms with van der Waals surface area (Å²) in [5.74, 6) is -0.798. The molecule has 0 spiro atoms. The molecular weight excluding hydrogens is 292 g/mol. The summed E-state index contributed by atoms with van der Waals surface area (Å²) in [6.07, 6.45) is 0. The normalized spacial score (nSPS) is 10.3. The summed E-state index contributed by atoms with van der Waals surface area (Å²) in [4.78, 5) is 28.1. The van der Waals surface area contributed by atoms with Crippen LogP contribution in [0.2, 0.25) is 0 Å². The van der Waals surface area contributed by atoms with Crippen LogP contribution in [0.5, 0.6) is 0 Å². The van der Waals surface area contributed by atoms with E-state index >= 15 is 0 Å². The van der Waals surface area contributed by atoms with Gasteiger partial charge in [0.15, 0.2) is 0 Å². The van der Waals surface area contributed by atoms with Crippen LogP contribution in [0.1, 0.15) is 27.2 Å². The molecular formula is C18H20N2O3. The summed E-state index contributed by atoms with van der Waals surface area (Å²) in [6.45, 7) is 5.56. The fraction of sp³-hybridized carbons (Fsp3) is 0.278. The van der Waals surface area contributed by atoms with E-state index in [9.17, 15) is 9.59 Å². The van der Waals surface area contributed by atoms with E-state index in [0.717, 1.165) is 28.1 Å². The first-order valence-corrected chi connectivity index (χ1v) is 7.32. The Morgan fingerprint density at radius 3 is 2.57 bits per heavy atom. The van der Waals surface area contributed by atoms with Crippen molar-refractivity contribution < 1.29 is 14.3 Å². The molecule has 0 atom stereocenters. The number of carbonyl (C=O) groups is 2. The molecule has 0 fully saturated rings. The predicted molar refractivity (Wildman–Crippen MR) is 88.2 cm³/mol. The number of ether oxygens (including phenoxy) is 1. The third-order valence-corrected chi connectivity index (χ3v) is 3.56. The first-order valence-electron chi connectivity index (χ1n) is 7.32. The van der Waals surface area contributed by atoms with Crippen molar-refractivity contribution in [2.45, 2.75) is 20.8 Å². The molecule has 1 heterocycles. The molecule has 0 radical (unpaired) electrons. The number of pyridine rings is 1. The molecule has 5 nitrogen and oxygen atoms in total. The van der Waals surface area contributed by atoms with E-state index in [4.69, 9.17) is 0 Å². The third kappa shape index (κ3) is 3.94. The van der Waals surface area contributed by atoms with Gasteiger partial charge in [-0.05, 0) is 38.5 Å². The molecule has 0 aliphatic heterocycles. The molecule has 0 aliphatic carbocycles. The number of methoxy groups -OCH3 is 1. The van der Waals surface area contributed by atoms with Crippen LogP contribution < -0.4 is 5.32 Å². The van der Waals surface area contributed by atoms with Crippen molar-refractivity contribution in [2.24, 2.45) is 0 Å². The summed E-state index contributed by atoms with van der Waals surface area (Å²) in [5, 5.41) is 2.57. The van der Waals surface area contributed by atoms with Gasteiger partial charge >= 0.3 is 5.97 Å². The molecule has 1 aromatic carbocycles. The Morgan fingerprint density at radius 1 is 1.17 bits per heavy atom. The average molecular weight is 312 g/mol. The van der Waals surface area contributed by atoms with Gasteiger partial charge in [0.25, 0.3) is 5.91 Å². The monoisotopic (exact) mass is 312 g/mol. The molecule has 0 aliphatic rings. The summed E-state index contributed by atoms with van der Waals surface area (Å²) in [5.41, 5.74) is 4.91. The molecule has 1 N–H and O–H groups in total. The SMILES string of the molecule is COC(=O)CNC(=O)c1cc(C)nc(-c2cccc(C)c2)c1C. The van der Waals surface area contributed by atoms with Gasteiger partial charge in [-0.15, -0.1) is 0 Å². The van der Waals surface area contributed by atoms with Gasteiger partial charge in [-0.1, -0.05) is 23.8 Å². The standard InChI is InChI=1S/C18H20N2O3/c1-11-6-5-7-14(8-11)17-13(3)15(9-12(2)20-17)18(22)19-10-16(21)23-4/h5-9H,10H2,1-4H3,(H,19,22). The Kier molecular flexibility index (Phi) is 5.11. The van der Waals surface area contributed by atoms with E-state index in [0.29, 0.717) is 5.56 Å². The van der Waals surface area contributed by atoms with Crippen LogP contribution in [0, 0.1) is 20.8 Å². The van der Waals surface area contributed by atoms with Gasteiger partial charge in [-0.2, -0.15) is 0 Å². The number of hydrogen-bond donors (Lipinski definition) is 1. The maximum atomic E-state index is 12.3. The van der Waals surface area contributed by atoms with Crippen molar-refractivity contribution in [2.75, 3.05) is 13.7 Å². The number of hydrogen-bond acceptors (Lipinski definition) is 4. The number of aromatic nitrogens is 1. The fourth-order valence-electron chi connectivity index (χ4n) is 2.37. The van der Waals surface area contributed by atoms with E-state index in [-0.39, 0.29) is 12.5 Å². The molecule has 2 rings (SSSR count). The highest BCUT2D eigenvalue weighted by Gasteiger charge is 2.16. The van der Waals surface area contributed by atoms with Crippen LogP contribution in [0.15, 0.2) is 30.3 Å². The minimum atomic E-state index is -0.485.